The van der Waals surface area contributed by atoms with Crippen molar-refractivity contribution in [1.29, 1.82) is 5.26 Å². The Morgan fingerprint density at radius 1 is 1.43 bits per heavy atom. The standard InChI is InChI=1S/C13H15N5O2S/c1-9-11(10(2)18(3)17-9)8-16-21(19,20)13-5-4-6-15-12(13)7-14/h4-6,16H,8H2,1-3H3. The molecule has 0 atom stereocenters. The Kier molecular flexibility index (Phi) is 4.06. The third-order valence-electron chi connectivity index (χ3n) is 3.26. The van der Waals surface area contributed by atoms with Crippen LogP contribution < -0.4 is 4.72 Å². The molecule has 0 aromatic carbocycles. The maximum Gasteiger partial charge on any atom is 0.243 e. The van der Waals surface area contributed by atoms with E-state index < -0.39 is 10.0 Å². The van der Waals surface area contributed by atoms with Crippen molar-refractivity contribution in [2.75, 3.05) is 0 Å². The molecule has 0 aliphatic carbocycles. The topological polar surface area (TPSA) is 101 Å². The van der Waals surface area contributed by atoms with Crippen LogP contribution >= 0.6 is 0 Å². The molecule has 0 saturated heterocycles. The average Bonchev–Trinajstić information content (AvgIpc) is 2.70. The molecule has 110 valence electrons. The fourth-order valence-corrected chi connectivity index (χ4v) is 3.11. The summed E-state index contributed by atoms with van der Waals surface area (Å²) in [6.45, 7) is 3.81. The second-order valence-electron chi connectivity index (χ2n) is 4.56. The zero-order valence-corrected chi connectivity index (χ0v) is 12.8. The molecule has 21 heavy (non-hydrogen) atoms. The first-order chi connectivity index (χ1) is 9.86. The van der Waals surface area contributed by atoms with Gasteiger partial charge in [-0.05, 0) is 26.0 Å². The lowest BCUT2D eigenvalue weighted by Crippen LogP contribution is -2.25. The molecule has 2 aromatic rings. The van der Waals surface area contributed by atoms with Crippen molar-refractivity contribution in [3.05, 3.63) is 41.0 Å². The summed E-state index contributed by atoms with van der Waals surface area (Å²) < 4.78 is 28.8. The van der Waals surface area contributed by atoms with Crippen molar-refractivity contribution in [3.63, 3.8) is 0 Å². The van der Waals surface area contributed by atoms with Crippen LogP contribution in [0.2, 0.25) is 0 Å². The minimum absolute atomic E-state index is 0.119. The van der Waals surface area contributed by atoms with Gasteiger partial charge in [0.2, 0.25) is 10.0 Å². The second-order valence-corrected chi connectivity index (χ2v) is 6.29. The lowest BCUT2D eigenvalue weighted by molar-refractivity contribution is 0.580. The predicted octanol–water partition coefficient (Wildman–Crippen LogP) is 0.782. The molecule has 0 saturated carbocycles. The predicted molar refractivity (Wildman–Crippen MR) is 75.7 cm³/mol. The minimum Gasteiger partial charge on any atom is -0.272 e. The van der Waals surface area contributed by atoms with Crippen LogP contribution in [-0.2, 0) is 23.6 Å². The number of rotatable bonds is 4. The first kappa shape index (κ1) is 15.2. The van der Waals surface area contributed by atoms with Crippen LogP contribution in [-0.4, -0.2) is 23.2 Å². The van der Waals surface area contributed by atoms with E-state index in [1.54, 1.807) is 17.8 Å². The monoisotopic (exact) mass is 305 g/mol. The van der Waals surface area contributed by atoms with Gasteiger partial charge in [0.05, 0.1) is 5.69 Å². The van der Waals surface area contributed by atoms with Crippen LogP contribution in [0.25, 0.3) is 0 Å². The van der Waals surface area contributed by atoms with E-state index in [9.17, 15) is 8.42 Å². The molecule has 0 amide bonds. The van der Waals surface area contributed by atoms with E-state index in [1.807, 2.05) is 13.8 Å². The summed E-state index contributed by atoms with van der Waals surface area (Å²) >= 11 is 0. The van der Waals surface area contributed by atoms with E-state index >= 15 is 0 Å². The molecule has 2 heterocycles. The zero-order chi connectivity index (χ0) is 15.6. The van der Waals surface area contributed by atoms with E-state index in [0.29, 0.717) is 0 Å². The normalized spacial score (nSPS) is 11.3. The molecule has 0 spiro atoms. The van der Waals surface area contributed by atoms with Gasteiger partial charge in [0.1, 0.15) is 11.0 Å². The van der Waals surface area contributed by atoms with Crippen molar-refractivity contribution in [2.45, 2.75) is 25.3 Å². The molecule has 2 aromatic heterocycles. The Balaban J connectivity index is 2.29. The van der Waals surface area contributed by atoms with Crippen molar-refractivity contribution in [3.8, 4) is 6.07 Å². The fourth-order valence-electron chi connectivity index (χ4n) is 2.01. The molecular formula is C13H15N5O2S. The Morgan fingerprint density at radius 2 is 2.14 bits per heavy atom. The van der Waals surface area contributed by atoms with Crippen molar-refractivity contribution < 1.29 is 8.42 Å². The molecular weight excluding hydrogens is 290 g/mol. The van der Waals surface area contributed by atoms with Crippen LogP contribution in [0.3, 0.4) is 0 Å². The van der Waals surface area contributed by atoms with E-state index in [0.717, 1.165) is 17.0 Å². The number of pyridine rings is 1. The van der Waals surface area contributed by atoms with Gasteiger partial charge in [-0.2, -0.15) is 10.4 Å². The number of hydrogen-bond donors (Lipinski definition) is 1. The Bertz CT molecular complexity index is 818. The average molecular weight is 305 g/mol. The Morgan fingerprint density at radius 3 is 2.71 bits per heavy atom. The number of sulfonamides is 1. The molecule has 2 rings (SSSR count). The van der Waals surface area contributed by atoms with Gasteiger partial charge in [0, 0.05) is 31.0 Å². The number of nitriles is 1. The van der Waals surface area contributed by atoms with Gasteiger partial charge >= 0.3 is 0 Å². The second kappa shape index (κ2) is 5.63. The minimum atomic E-state index is -3.80. The molecule has 0 bridgehead atoms. The van der Waals surface area contributed by atoms with E-state index in [1.165, 1.54) is 18.3 Å². The van der Waals surface area contributed by atoms with Gasteiger partial charge in [0.25, 0.3) is 0 Å². The molecule has 1 N–H and O–H groups in total. The molecule has 8 heteroatoms. The third-order valence-corrected chi connectivity index (χ3v) is 4.70. The first-order valence-corrected chi connectivity index (χ1v) is 7.69. The first-order valence-electron chi connectivity index (χ1n) is 6.20. The summed E-state index contributed by atoms with van der Waals surface area (Å²) in [7, 11) is -2.00. The van der Waals surface area contributed by atoms with Gasteiger partial charge < -0.3 is 0 Å². The number of aryl methyl sites for hydroxylation is 2. The van der Waals surface area contributed by atoms with Crippen LogP contribution in [0.4, 0.5) is 0 Å². The van der Waals surface area contributed by atoms with Crippen LogP contribution in [0.5, 0.6) is 0 Å². The largest absolute Gasteiger partial charge is 0.272 e. The summed E-state index contributed by atoms with van der Waals surface area (Å²) in [4.78, 5) is 3.64. The van der Waals surface area contributed by atoms with Gasteiger partial charge in [-0.15, -0.1) is 0 Å². The van der Waals surface area contributed by atoms with Crippen molar-refractivity contribution in [1.82, 2.24) is 19.5 Å². The number of nitrogens with zero attached hydrogens (tertiary/aromatic N) is 4. The molecule has 0 aliphatic rings. The molecule has 0 fully saturated rings. The quantitative estimate of drug-likeness (QED) is 0.899. The van der Waals surface area contributed by atoms with Gasteiger partial charge in [-0.25, -0.2) is 18.1 Å². The maximum absolute atomic E-state index is 12.3. The SMILES string of the molecule is Cc1nn(C)c(C)c1CNS(=O)(=O)c1cccnc1C#N. The summed E-state index contributed by atoms with van der Waals surface area (Å²) in [5, 5.41) is 13.2. The lowest BCUT2D eigenvalue weighted by Gasteiger charge is -2.08. The van der Waals surface area contributed by atoms with E-state index in [4.69, 9.17) is 5.26 Å². The molecule has 0 radical (unpaired) electrons. The number of aromatic nitrogens is 3. The zero-order valence-electron chi connectivity index (χ0n) is 12.0. The van der Waals surface area contributed by atoms with Gasteiger partial charge in [-0.3, -0.25) is 4.68 Å². The van der Waals surface area contributed by atoms with E-state index in [2.05, 4.69) is 14.8 Å². The third kappa shape index (κ3) is 2.94. The van der Waals surface area contributed by atoms with Gasteiger partial charge in [0.15, 0.2) is 5.69 Å². The van der Waals surface area contributed by atoms with Crippen LogP contribution in [0.1, 0.15) is 22.6 Å². The van der Waals surface area contributed by atoms with E-state index in [-0.39, 0.29) is 17.1 Å². The highest BCUT2D eigenvalue weighted by Crippen LogP contribution is 2.15. The molecule has 7 nitrogen and oxygen atoms in total. The highest BCUT2D eigenvalue weighted by molar-refractivity contribution is 7.89. The summed E-state index contributed by atoms with van der Waals surface area (Å²) in [5.74, 6) is 0. The van der Waals surface area contributed by atoms with Crippen LogP contribution in [0.15, 0.2) is 23.2 Å². The molecule has 0 aliphatic heterocycles. The fraction of sp³-hybridized carbons (Fsp3) is 0.308. The Hall–Kier alpha value is -2.24. The van der Waals surface area contributed by atoms with Crippen molar-refractivity contribution in [2.24, 2.45) is 7.05 Å². The van der Waals surface area contributed by atoms with Gasteiger partial charge in [-0.1, -0.05) is 0 Å². The smallest absolute Gasteiger partial charge is 0.243 e. The number of nitrogens with one attached hydrogen (secondary N) is 1. The van der Waals surface area contributed by atoms with Crippen molar-refractivity contribution >= 4 is 10.0 Å². The number of hydrogen-bond acceptors (Lipinski definition) is 5. The maximum atomic E-state index is 12.3. The highest BCUT2D eigenvalue weighted by atomic mass is 32.2. The highest BCUT2D eigenvalue weighted by Gasteiger charge is 2.20. The summed E-state index contributed by atoms with van der Waals surface area (Å²) in [6, 6.07) is 4.62. The van der Waals surface area contributed by atoms with Crippen LogP contribution in [0, 0.1) is 25.2 Å². The lowest BCUT2D eigenvalue weighted by atomic mass is 10.2. The molecule has 0 unspecified atom stereocenters. The summed E-state index contributed by atoms with van der Waals surface area (Å²) in [6.07, 6.45) is 1.38. The Labute approximate surface area is 123 Å². The summed E-state index contributed by atoms with van der Waals surface area (Å²) in [5.41, 5.74) is 2.36.